The van der Waals surface area contributed by atoms with Gasteiger partial charge in [-0.05, 0) is 60.2 Å². The number of aliphatic hydroxyl groups excluding tert-OH is 1. The van der Waals surface area contributed by atoms with Crippen LogP contribution in [0.1, 0.15) is 47.3 Å². The molecule has 5 nitrogen and oxygen atoms in total. The number of esters is 1. The fraction of sp³-hybridized carbons (Fsp3) is 0.300. The lowest BCUT2D eigenvalue weighted by molar-refractivity contribution is 0.0259. The molecule has 2 N–H and O–H groups in total. The van der Waals surface area contributed by atoms with Crippen LogP contribution >= 0.6 is 0 Å². The molecular weight excluding hydrogens is 457 g/mol. The summed E-state index contributed by atoms with van der Waals surface area (Å²) in [5.74, 6) is -0.474. The number of hydrogen-bond donors (Lipinski definition) is 2. The van der Waals surface area contributed by atoms with Crippen LogP contribution in [0.2, 0.25) is 0 Å². The maximum Gasteiger partial charge on any atom is 0.338 e. The Bertz CT molecular complexity index is 1310. The van der Waals surface area contributed by atoms with Crippen molar-refractivity contribution in [2.75, 3.05) is 6.61 Å². The molecule has 4 rings (SSSR count). The normalized spacial score (nSPS) is 12.2. The molecule has 0 radical (unpaired) electrons. The summed E-state index contributed by atoms with van der Waals surface area (Å²) in [4.78, 5) is 12.2. The molecule has 36 heavy (non-hydrogen) atoms. The number of nitrogens with zero attached hydrogens (tertiary/aromatic N) is 1. The molecule has 1 aromatic heterocycles. The van der Waals surface area contributed by atoms with Gasteiger partial charge in [-0.2, -0.15) is 0 Å². The van der Waals surface area contributed by atoms with E-state index in [1.54, 1.807) is 30.3 Å². The zero-order valence-corrected chi connectivity index (χ0v) is 20.7. The molecule has 188 valence electrons. The number of phenolic OH excluding ortho intramolecular Hbond substituents is 1. The van der Waals surface area contributed by atoms with E-state index < -0.39 is 17.9 Å². The van der Waals surface area contributed by atoms with Crippen LogP contribution in [-0.4, -0.2) is 33.5 Å². The van der Waals surface area contributed by atoms with E-state index in [4.69, 9.17) is 4.74 Å². The number of ether oxygens (including phenoxy) is 1. The Hall–Kier alpha value is -3.64. The van der Waals surface area contributed by atoms with Crippen molar-refractivity contribution in [2.24, 2.45) is 5.92 Å². The van der Waals surface area contributed by atoms with Crippen molar-refractivity contribution in [3.05, 3.63) is 101 Å². The van der Waals surface area contributed by atoms with E-state index in [1.807, 2.05) is 41.1 Å². The van der Waals surface area contributed by atoms with E-state index in [0.717, 1.165) is 28.5 Å². The highest BCUT2D eigenvalue weighted by atomic mass is 19.1. The second-order valence-electron chi connectivity index (χ2n) is 9.63. The number of rotatable bonds is 10. The van der Waals surface area contributed by atoms with Crippen molar-refractivity contribution in [1.29, 1.82) is 0 Å². The Labute approximate surface area is 210 Å². The maximum atomic E-state index is 15.0. The molecular formula is C30H32FNO4. The number of aliphatic hydroxyl groups is 1. The summed E-state index contributed by atoms with van der Waals surface area (Å²) < 4.78 is 22.1. The SMILES string of the molecule is CC(C)CCc1cc(O)c(Cn2cc(CC(O)COC(=O)c3ccccc3)c3ccccc32)c(F)c1. The van der Waals surface area contributed by atoms with Crippen LogP contribution in [-0.2, 0) is 24.1 Å². The molecule has 6 heteroatoms. The highest BCUT2D eigenvalue weighted by molar-refractivity contribution is 5.89. The molecule has 0 aliphatic rings. The highest BCUT2D eigenvalue weighted by Gasteiger charge is 2.18. The van der Waals surface area contributed by atoms with Crippen LogP contribution in [0.25, 0.3) is 10.9 Å². The second-order valence-corrected chi connectivity index (χ2v) is 9.63. The topological polar surface area (TPSA) is 71.7 Å². The van der Waals surface area contributed by atoms with Gasteiger partial charge in [-0.15, -0.1) is 0 Å². The van der Waals surface area contributed by atoms with Gasteiger partial charge in [0.25, 0.3) is 0 Å². The van der Waals surface area contributed by atoms with E-state index in [1.165, 1.54) is 6.07 Å². The van der Waals surface area contributed by atoms with Gasteiger partial charge in [0.2, 0.25) is 0 Å². The van der Waals surface area contributed by atoms with E-state index in [9.17, 15) is 19.4 Å². The Morgan fingerprint density at radius 2 is 1.78 bits per heavy atom. The first-order valence-electron chi connectivity index (χ1n) is 12.3. The van der Waals surface area contributed by atoms with Gasteiger partial charge >= 0.3 is 5.97 Å². The quantitative estimate of drug-likeness (QED) is 0.273. The van der Waals surface area contributed by atoms with Gasteiger partial charge < -0.3 is 19.5 Å². The summed E-state index contributed by atoms with van der Waals surface area (Å²) in [5, 5.41) is 22.1. The molecule has 4 aromatic rings. The first-order valence-corrected chi connectivity index (χ1v) is 12.3. The van der Waals surface area contributed by atoms with Gasteiger partial charge in [-0.25, -0.2) is 9.18 Å². The minimum Gasteiger partial charge on any atom is -0.507 e. The third-order valence-corrected chi connectivity index (χ3v) is 6.31. The monoisotopic (exact) mass is 489 g/mol. The van der Waals surface area contributed by atoms with Crippen molar-refractivity contribution in [1.82, 2.24) is 4.57 Å². The van der Waals surface area contributed by atoms with Crippen LogP contribution in [0.5, 0.6) is 5.75 Å². The van der Waals surface area contributed by atoms with Crippen molar-refractivity contribution in [3.63, 3.8) is 0 Å². The summed E-state index contributed by atoms with van der Waals surface area (Å²) in [7, 11) is 0. The molecule has 0 spiro atoms. The Morgan fingerprint density at radius 1 is 1.06 bits per heavy atom. The molecule has 0 saturated heterocycles. The second kappa shape index (κ2) is 11.4. The number of halogens is 1. The van der Waals surface area contributed by atoms with E-state index in [2.05, 4.69) is 13.8 Å². The van der Waals surface area contributed by atoms with E-state index >= 15 is 0 Å². The molecule has 0 fully saturated rings. The number of phenols is 1. The number of carbonyl (C=O) groups excluding carboxylic acids is 1. The molecule has 0 aliphatic carbocycles. The summed E-state index contributed by atoms with van der Waals surface area (Å²) in [6.07, 6.45) is 2.86. The third-order valence-electron chi connectivity index (χ3n) is 6.31. The van der Waals surface area contributed by atoms with Crippen molar-refractivity contribution in [2.45, 2.75) is 45.8 Å². The molecule has 1 unspecified atom stereocenters. The standard InChI is InChI=1S/C30H32FNO4/c1-20(2)12-13-21-14-27(31)26(29(34)15-21)18-32-17-23(25-10-6-7-11-28(25)32)16-24(33)19-36-30(35)22-8-4-3-5-9-22/h3-11,14-15,17,20,24,33-34H,12-13,16,18-19H2,1-2H3. The molecule has 0 bridgehead atoms. The van der Waals surface area contributed by atoms with Crippen LogP contribution in [0.4, 0.5) is 4.39 Å². The van der Waals surface area contributed by atoms with Crippen molar-refractivity contribution >= 4 is 16.9 Å². The maximum absolute atomic E-state index is 15.0. The van der Waals surface area contributed by atoms with Crippen molar-refractivity contribution < 1.29 is 24.1 Å². The van der Waals surface area contributed by atoms with Gasteiger partial charge in [0, 0.05) is 29.1 Å². The molecule has 1 heterocycles. The average Bonchev–Trinajstić information content (AvgIpc) is 3.21. The lowest BCUT2D eigenvalue weighted by atomic mass is 10.0. The molecule has 1 atom stereocenters. The fourth-order valence-corrected chi connectivity index (χ4v) is 4.36. The van der Waals surface area contributed by atoms with Crippen LogP contribution in [0.3, 0.4) is 0 Å². The number of aromatic hydroxyl groups is 1. The van der Waals surface area contributed by atoms with Gasteiger partial charge in [0.1, 0.15) is 18.2 Å². The number of aryl methyl sites for hydroxylation is 1. The summed E-state index contributed by atoms with van der Waals surface area (Å²) in [6, 6.07) is 19.5. The van der Waals surface area contributed by atoms with E-state index in [-0.39, 0.29) is 30.9 Å². The molecule has 0 amide bonds. The zero-order chi connectivity index (χ0) is 25.7. The van der Waals surface area contributed by atoms with Crippen LogP contribution in [0.15, 0.2) is 72.9 Å². The van der Waals surface area contributed by atoms with Gasteiger partial charge in [0.15, 0.2) is 0 Å². The number of benzene rings is 3. The average molecular weight is 490 g/mol. The van der Waals surface area contributed by atoms with Crippen LogP contribution < -0.4 is 0 Å². The third kappa shape index (κ3) is 6.13. The predicted molar refractivity (Wildman–Crippen MR) is 139 cm³/mol. The molecule has 0 saturated carbocycles. The number of aromatic nitrogens is 1. The smallest absolute Gasteiger partial charge is 0.338 e. The summed E-state index contributed by atoms with van der Waals surface area (Å²) in [6.45, 7) is 4.25. The zero-order valence-electron chi connectivity index (χ0n) is 20.7. The number of carbonyl (C=O) groups is 1. The fourth-order valence-electron chi connectivity index (χ4n) is 4.36. The van der Waals surface area contributed by atoms with E-state index in [0.29, 0.717) is 17.9 Å². The number of hydrogen-bond acceptors (Lipinski definition) is 4. The Morgan fingerprint density at radius 3 is 2.50 bits per heavy atom. The Kier molecular flexibility index (Phi) is 8.06. The number of fused-ring (bicyclic) bond motifs is 1. The number of para-hydroxylation sites is 1. The van der Waals surface area contributed by atoms with Crippen molar-refractivity contribution in [3.8, 4) is 5.75 Å². The molecule has 0 aliphatic heterocycles. The largest absolute Gasteiger partial charge is 0.507 e. The first kappa shape index (κ1) is 25.5. The summed E-state index contributed by atoms with van der Waals surface area (Å²) in [5.41, 5.74) is 3.16. The molecule has 3 aromatic carbocycles. The lowest BCUT2D eigenvalue weighted by Gasteiger charge is -2.12. The first-order chi connectivity index (χ1) is 17.3. The van der Waals surface area contributed by atoms with Gasteiger partial charge in [-0.3, -0.25) is 0 Å². The minimum absolute atomic E-state index is 0.0547. The highest BCUT2D eigenvalue weighted by Crippen LogP contribution is 2.29. The summed E-state index contributed by atoms with van der Waals surface area (Å²) >= 11 is 0. The predicted octanol–water partition coefficient (Wildman–Crippen LogP) is 5.88. The minimum atomic E-state index is -0.901. The van der Waals surface area contributed by atoms with Gasteiger partial charge in [0.05, 0.1) is 18.2 Å². The Balaban J connectivity index is 1.50. The van der Waals surface area contributed by atoms with Crippen LogP contribution in [0, 0.1) is 11.7 Å². The lowest BCUT2D eigenvalue weighted by Crippen LogP contribution is -2.20. The van der Waals surface area contributed by atoms with Gasteiger partial charge in [-0.1, -0.05) is 50.2 Å².